The monoisotopic (exact) mass is 191 g/mol. The van der Waals surface area contributed by atoms with Crippen LogP contribution in [0.4, 0.5) is 0 Å². The van der Waals surface area contributed by atoms with Crippen LogP contribution < -0.4 is 4.74 Å². The fraction of sp³-hybridized carbons (Fsp3) is 0.364. The topological polar surface area (TPSA) is 41.8 Å². The molecule has 0 radical (unpaired) electrons. The van der Waals surface area contributed by atoms with E-state index in [1.807, 2.05) is 24.3 Å². The van der Waals surface area contributed by atoms with Gasteiger partial charge in [-0.2, -0.15) is 0 Å². The molecule has 1 aromatic rings. The van der Waals surface area contributed by atoms with Crippen molar-refractivity contribution in [1.82, 2.24) is 0 Å². The quantitative estimate of drug-likeness (QED) is 0.546. The van der Waals surface area contributed by atoms with Crippen LogP contribution in [0.1, 0.15) is 18.9 Å². The van der Waals surface area contributed by atoms with E-state index in [4.69, 9.17) is 9.94 Å². The molecule has 1 N–H and O–H groups in total. The normalized spacial score (nSPS) is 22.9. The molecule has 1 aliphatic rings. The van der Waals surface area contributed by atoms with Gasteiger partial charge in [0, 0.05) is 11.5 Å². The van der Waals surface area contributed by atoms with Crippen molar-refractivity contribution in [2.24, 2.45) is 11.1 Å². The largest absolute Gasteiger partial charge is 0.492 e. The molecule has 14 heavy (non-hydrogen) atoms. The number of para-hydroxylation sites is 1. The van der Waals surface area contributed by atoms with Crippen LogP contribution >= 0.6 is 0 Å². The van der Waals surface area contributed by atoms with Gasteiger partial charge in [-0.1, -0.05) is 24.2 Å². The Morgan fingerprint density at radius 2 is 2.29 bits per heavy atom. The van der Waals surface area contributed by atoms with Crippen LogP contribution in [0.3, 0.4) is 0 Å². The van der Waals surface area contributed by atoms with E-state index in [1.54, 1.807) is 0 Å². The summed E-state index contributed by atoms with van der Waals surface area (Å²) in [5.74, 6) is 1.01. The van der Waals surface area contributed by atoms with Gasteiger partial charge in [-0.3, -0.25) is 0 Å². The molecule has 0 aromatic heterocycles. The summed E-state index contributed by atoms with van der Waals surface area (Å²) < 4.78 is 5.57. The second-order valence-electron chi connectivity index (χ2n) is 3.40. The second-order valence-corrected chi connectivity index (χ2v) is 3.40. The van der Waals surface area contributed by atoms with Crippen LogP contribution in [0.2, 0.25) is 0 Å². The number of benzene rings is 1. The Balaban J connectivity index is 2.45. The molecule has 0 saturated heterocycles. The fourth-order valence-electron chi connectivity index (χ4n) is 1.74. The summed E-state index contributed by atoms with van der Waals surface area (Å²) >= 11 is 0. The van der Waals surface area contributed by atoms with Crippen molar-refractivity contribution in [3.05, 3.63) is 29.8 Å². The van der Waals surface area contributed by atoms with E-state index in [0.29, 0.717) is 6.61 Å². The average Bonchev–Trinajstić information content (AvgIpc) is 2.27. The summed E-state index contributed by atoms with van der Waals surface area (Å²) in [7, 11) is 0. The molecule has 2 rings (SSSR count). The molecule has 0 saturated carbocycles. The molecular weight excluding hydrogens is 178 g/mol. The predicted octanol–water partition coefficient (Wildman–Crippen LogP) is 2.28. The number of fused-ring (bicyclic) bond motifs is 1. The molecule has 0 amide bonds. The molecule has 1 unspecified atom stereocenters. The van der Waals surface area contributed by atoms with Crippen molar-refractivity contribution in [3.8, 4) is 5.75 Å². The molecule has 0 bridgehead atoms. The Hall–Kier alpha value is -1.51. The van der Waals surface area contributed by atoms with Gasteiger partial charge in [-0.15, -0.1) is 0 Å². The maximum atomic E-state index is 8.97. The Morgan fingerprint density at radius 1 is 1.50 bits per heavy atom. The van der Waals surface area contributed by atoms with Gasteiger partial charge >= 0.3 is 0 Å². The fourth-order valence-corrected chi connectivity index (χ4v) is 1.74. The Morgan fingerprint density at radius 3 is 3.00 bits per heavy atom. The van der Waals surface area contributed by atoms with Gasteiger partial charge in [-0.25, -0.2) is 0 Å². The number of ether oxygens (including phenoxy) is 1. The highest BCUT2D eigenvalue weighted by molar-refractivity contribution is 6.04. The molecule has 1 aromatic carbocycles. The van der Waals surface area contributed by atoms with Crippen LogP contribution in [0.15, 0.2) is 29.4 Å². The zero-order chi connectivity index (χ0) is 9.97. The van der Waals surface area contributed by atoms with E-state index >= 15 is 0 Å². The second kappa shape index (κ2) is 3.70. The van der Waals surface area contributed by atoms with E-state index in [2.05, 4.69) is 12.1 Å². The zero-order valence-corrected chi connectivity index (χ0v) is 8.10. The van der Waals surface area contributed by atoms with Gasteiger partial charge in [0.2, 0.25) is 0 Å². The van der Waals surface area contributed by atoms with Gasteiger partial charge in [0.1, 0.15) is 5.75 Å². The van der Waals surface area contributed by atoms with Gasteiger partial charge in [0.15, 0.2) is 0 Å². The SMILES string of the molecule is CCC1COc2ccccc2C1=NO. The average molecular weight is 191 g/mol. The lowest BCUT2D eigenvalue weighted by Gasteiger charge is -2.24. The van der Waals surface area contributed by atoms with E-state index in [-0.39, 0.29) is 5.92 Å². The predicted molar refractivity (Wildman–Crippen MR) is 54.0 cm³/mol. The Labute approximate surface area is 83.0 Å². The van der Waals surface area contributed by atoms with E-state index < -0.39 is 0 Å². The van der Waals surface area contributed by atoms with Crippen molar-refractivity contribution >= 4 is 5.71 Å². The van der Waals surface area contributed by atoms with E-state index in [1.165, 1.54) is 0 Å². The summed E-state index contributed by atoms with van der Waals surface area (Å²) in [6, 6.07) is 7.66. The highest BCUT2D eigenvalue weighted by Crippen LogP contribution is 2.28. The number of hydrogen-bond donors (Lipinski definition) is 1. The van der Waals surface area contributed by atoms with Crippen molar-refractivity contribution < 1.29 is 9.94 Å². The third kappa shape index (κ3) is 1.35. The molecular formula is C11H13NO2. The van der Waals surface area contributed by atoms with E-state index in [0.717, 1.165) is 23.4 Å². The van der Waals surface area contributed by atoms with Crippen molar-refractivity contribution in [1.29, 1.82) is 0 Å². The van der Waals surface area contributed by atoms with Gasteiger partial charge in [-0.05, 0) is 18.6 Å². The molecule has 0 aliphatic carbocycles. The number of hydrogen-bond acceptors (Lipinski definition) is 3. The molecule has 0 fully saturated rings. The molecule has 0 spiro atoms. The zero-order valence-electron chi connectivity index (χ0n) is 8.10. The minimum atomic E-state index is 0.204. The first-order valence-corrected chi connectivity index (χ1v) is 4.81. The summed E-state index contributed by atoms with van der Waals surface area (Å²) in [4.78, 5) is 0. The molecule has 1 atom stereocenters. The van der Waals surface area contributed by atoms with Crippen LogP contribution in [0.5, 0.6) is 5.75 Å². The third-order valence-electron chi connectivity index (χ3n) is 2.59. The summed E-state index contributed by atoms with van der Waals surface area (Å²) in [6.07, 6.45) is 0.924. The smallest absolute Gasteiger partial charge is 0.128 e. The summed E-state index contributed by atoms with van der Waals surface area (Å²) in [5.41, 5.74) is 1.66. The van der Waals surface area contributed by atoms with Gasteiger partial charge in [0.25, 0.3) is 0 Å². The summed E-state index contributed by atoms with van der Waals surface area (Å²) in [6.45, 7) is 2.67. The number of nitrogens with zero attached hydrogens (tertiary/aromatic N) is 1. The molecule has 1 heterocycles. The van der Waals surface area contributed by atoms with E-state index in [9.17, 15) is 0 Å². The third-order valence-corrected chi connectivity index (χ3v) is 2.59. The molecule has 1 aliphatic heterocycles. The van der Waals surface area contributed by atoms with Crippen molar-refractivity contribution in [2.75, 3.05) is 6.61 Å². The Bertz CT molecular complexity index is 360. The highest BCUT2D eigenvalue weighted by Gasteiger charge is 2.25. The standard InChI is InChI=1S/C11H13NO2/c1-2-8-7-14-10-6-4-3-5-9(10)11(8)12-13/h3-6,8,13H,2,7H2,1H3. The first-order valence-electron chi connectivity index (χ1n) is 4.81. The van der Waals surface area contributed by atoms with Crippen LogP contribution in [-0.2, 0) is 0 Å². The van der Waals surface area contributed by atoms with Gasteiger partial charge in [0.05, 0.1) is 12.3 Å². The maximum Gasteiger partial charge on any atom is 0.128 e. The Kier molecular flexibility index (Phi) is 2.39. The lowest BCUT2D eigenvalue weighted by Crippen LogP contribution is -2.27. The lowest BCUT2D eigenvalue weighted by atomic mass is 9.92. The molecule has 3 nitrogen and oxygen atoms in total. The minimum Gasteiger partial charge on any atom is -0.492 e. The first kappa shape index (κ1) is 9.06. The van der Waals surface area contributed by atoms with Crippen LogP contribution in [-0.4, -0.2) is 17.5 Å². The van der Waals surface area contributed by atoms with Crippen molar-refractivity contribution in [3.63, 3.8) is 0 Å². The highest BCUT2D eigenvalue weighted by atomic mass is 16.5. The molecule has 74 valence electrons. The lowest BCUT2D eigenvalue weighted by molar-refractivity contribution is 0.258. The van der Waals surface area contributed by atoms with Crippen molar-refractivity contribution in [2.45, 2.75) is 13.3 Å². The van der Waals surface area contributed by atoms with Crippen LogP contribution in [0.25, 0.3) is 0 Å². The first-order chi connectivity index (χ1) is 6.86. The number of rotatable bonds is 1. The van der Waals surface area contributed by atoms with Gasteiger partial charge < -0.3 is 9.94 Å². The van der Waals surface area contributed by atoms with Crippen LogP contribution in [0, 0.1) is 5.92 Å². The molecule has 3 heteroatoms. The minimum absolute atomic E-state index is 0.204. The summed E-state index contributed by atoms with van der Waals surface area (Å²) in [5, 5.41) is 12.3. The maximum absolute atomic E-state index is 8.97. The number of oxime groups is 1.